The number of aromatic nitrogens is 3. The van der Waals surface area contributed by atoms with Crippen molar-refractivity contribution in [2.24, 2.45) is 7.05 Å². The van der Waals surface area contributed by atoms with Gasteiger partial charge in [0.2, 0.25) is 5.95 Å². The van der Waals surface area contributed by atoms with E-state index < -0.39 is 0 Å². The summed E-state index contributed by atoms with van der Waals surface area (Å²) < 4.78 is 6.92. The lowest BCUT2D eigenvalue weighted by Crippen LogP contribution is -2.31. The fraction of sp³-hybridized carbons (Fsp3) is 0.364. The van der Waals surface area contributed by atoms with Crippen LogP contribution >= 0.6 is 11.6 Å². The number of nitrogens with one attached hydrogen (secondary N) is 2. The van der Waals surface area contributed by atoms with E-state index in [9.17, 15) is 9.59 Å². The van der Waals surface area contributed by atoms with E-state index in [2.05, 4.69) is 25.5 Å². The zero-order valence-electron chi connectivity index (χ0n) is 18.0. The van der Waals surface area contributed by atoms with Crippen LogP contribution in [0.3, 0.4) is 0 Å². The van der Waals surface area contributed by atoms with E-state index in [1.165, 1.54) is 18.0 Å². The van der Waals surface area contributed by atoms with Crippen LogP contribution in [-0.2, 0) is 11.8 Å². The number of carbonyl (C=O) groups is 1. The van der Waals surface area contributed by atoms with Gasteiger partial charge in [-0.05, 0) is 43.5 Å². The summed E-state index contributed by atoms with van der Waals surface area (Å²) in [6, 6.07) is 7.20. The van der Waals surface area contributed by atoms with Crippen LogP contribution in [0.5, 0.6) is 5.75 Å². The van der Waals surface area contributed by atoms with Gasteiger partial charge >= 0.3 is 0 Å². The summed E-state index contributed by atoms with van der Waals surface area (Å²) in [7, 11) is 3.17. The Bertz CT molecular complexity index is 1210. The molecule has 0 atom stereocenters. The Morgan fingerprint density at radius 3 is 2.75 bits per heavy atom. The van der Waals surface area contributed by atoms with Gasteiger partial charge in [0, 0.05) is 38.3 Å². The van der Waals surface area contributed by atoms with Gasteiger partial charge in [0.15, 0.2) is 18.2 Å². The maximum absolute atomic E-state index is 12.5. The quantitative estimate of drug-likeness (QED) is 0.588. The number of rotatable bonds is 6. The second-order valence-corrected chi connectivity index (χ2v) is 8.05. The first kappa shape index (κ1) is 21.9. The third-order valence-corrected chi connectivity index (χ3v) is 5.74. The first-order valence-electron chi connectivity index (χ1n) is 10.5. The summed E-state index contributed by atoms with van der Waals surface area (Å²) in [4.78, 5) is 35.2. The number of piperidine rings is 1. The lowest BCUT2D eigenvalue weighted by molar-refractivity contribution is -0.122. The highest BCUT2D eigenvalue weighted by atomic mass is 35.5. The van der Waals surface area contributed by atoms with Crippen LogP contribution in [0, 0.1) is 0 Å². The number of benzene rings is 1. The van der Waals surface area contributed by atoms with E-state index in [0.717, 1.165) is 42.5 Å². The molecule has 1 saturated heterocycles. The number of carbonyl (C=O) groups excluding carboxylic acids is 1. The Morgan fingerprint density at radius 2 is 2.00 bits per heavy atom. The number of aryl methyl sites for hydroxylation is 1. The number of nitrogens with zero attached hydrogens (tertiary/aromatic N) is 4. The van der Waals surface area contributed by atoms with E-state index in [1.807, 2.05) is 18.2 Å². The fourth-order valence-electron chi connectivity index (χ4n) is 3.68. The summed E-state index contributed by atoms with van der Waals surface area (Å²) >= 11 is 6.35. The maximum Gasteiger partial charge on any atom is 0.293 e. The molecule has 0 spiro atoms. The Balaban J connectivity index is 1.63. The number of hydrogen-bond donors (Lipinski definition) is 2. The molecule has 1 aliphatic rings. The van der Waals surface area contributed by atoms with Gasteiger partial charge in [0.25, 0.3) is 11.5 Å². The minimum atomic E-state index is -0.314. The predicted octanol–water partition coefficient (Wildman–Crippen LogP) is 2.84. The van der Waals surface area contributed by atoms with Crippen molar-refractivity contribution in [3.63, 3.8) is 0 Å². The van der Waals surface area contributed by atoms with Gasteiger partial charge in [-0.1, -0.05) is 11.6 Å². The molecule has 0 saturated carbocycles. The number of likely N-dealkylation sites (N-methyl/N-ethyl adjacent to an activating group) is 1. The van der Waals surface area contributed by atoms with Gasteiger partial charge in [-0.25, -0.2) is 4.98 Å². The molecule has 9 nitrogen and oxygen atoms in total. The van der Waals surface area contributed by atoms with Crippen LogP contribution in [0.25, 0.3) is 10.9 Å². The second kappa shape index (κ2) is 9.44. The van der Waals surface area contributed by atoms with Crippen molar-refractivity contribution in [3.8, 4) is 5.75 Å². The van der Waals surface area contributed by atoms with Crippen LogP contribution in [0.1, 0.15) is 19.3 Å². The third-order valence-electron chi connectivity index (χ3n) is 5.46. The summed E-state index contributed by atoms with van der Waals surface area (Å²) in [6.45, 7) is 1.64. The maximum atomic E-state index is 12.5. The Hall–Kier alpha value is -3.33. The molecule has 2 aromatic heterocycles. The number of fused-ring (bicyclic) bond motifs is 1. The topological polar surface area (TPSA) is 101 Å². The van der Waals surface area contributed by atoms with E-state index in [-0.39, 0.29) is 23.8 Å². The highest BCUT2D eigenvalue weighted by Gasteiger charge is 2.16. The highest BCUT2D eigenvalue weighted by molar-refractivity contribution is 6.32. The van der Waals surface area contributed by atoms with Gasteiger partial charge in [0.1, 0.15) is 5.02 Å². The molecule has 3 aromatic rings. The first-order chi connectivity index (χ1) is 15.5. The summed E-state index contributed by atoms with van der Waals surface area (Å²) in [6.07, 6.45) is 5.09. The monoisotopic (exact) mass is 456 g/mol. The molecule has 32 heavy (non-hydrogen) atoms. The smallest absolute Gasteiger partial charge is 0.293 e. The van der Waals surface area contributed by atoms with Crippen molar-refractivity contribution < 1.29 is 9.53 Å². The average Bonchev–Trinajstić information content (AvgIpc) is 2.82. The molecule has 0 aliphatic carbocycles. The van der Waals surface area contributed by atoms with Crippen LogP contribution in [0.4, 0.5) is 17.5 Å². The molecule has 0 radical (unpaired) electrons. The minimum absolute atomic E-state index is 0.105. The number of halogens is 1. The molecule has 168 valence electrons. The molecule has 1 fully saturated rings. The van der Waals surface area contributed by atoms with E-state index in [4.69, 9.17) is 16.3 Å². The standard InChI is InChI=1S/C22H25ClN6O3/c1-24-19(30)13-32-18-11-14-10-15(6-7-17(14)28(2)21(18)31)26-20-16(23)12-25-22(27-20)29-8-4-3-5-9-29/h6-7,10-12H,3-5,8-9,13H2,1-2H3,(H,24,30)(H,25,26,27). The molecule has 1 amide bonds. The van der Waals surface area contributed by atoms with Crippen molar-refractivity contribution in [1.29, 1.82) is 0 Å². The lowest BCUT2D eigenvalue weighted by Gasteiger charge is -2.26. The van der Waals surface area contributed by atoms with Crippen molar-refractivity contribution in [3.05, 3.63) is 45.8 Å². The fourth-order valence-corrected chi connectivity index (χ4v) is 3.82. The van der Waals surface area contributed by atoms with Crippen LogP contribution in [-0.4, -0.2) is 47.2 Å². The van der Waals surface area contributed by atoms with E-state index in [1.54, 1.807) is 19.3 Å². The predicted molar refractivity (Wildman–Crippen MR) is 125 cm³/mol. The molecule has 1 aromatic carbocycles. The zero-order chi connectivity index (χ0) is 22.7. The summed E-state index contributed by atoms with van der Waals surface area (Å²) in [5.74, 6) is 0.964. The zero-order valence-corrected chi connectivity index (χ0v) is 18.8. The third kappa shape index (κ3) is 4.62. The van der Waals surface area contributed by atoms with Gasteiger partial charge < -0.3 is 24.8 Å². The molecule has 3 heterocycles. The van der Waals surface area contributed by atoms with Crippen molar-refractivity contribution >= 4 is 45.9 Å². The molecule has 10 heteroatoms. The molecule has 4 rings (SSSR count). The second-order valence-electron chi connectivity index (χ2n) is 7.65. The highest BCUT2D eigenvalue weighted by Crippen LogP contribution is 2.28. The average molecular weight is 457 g/mol. The van der Waals surface area contributed by atoms with E-state index >= 15 is 0 Å². The number of ether oxygens (including phenoxy) is 1. The molecule has 0 bridgehead atoms. The number of hydrogen-bond acceptors (Lipinski definition) is 7. The summed E-state index contributed by atoms with van der Waals surface area (Å²) in [5.41, 5.74) is 1.17. The summed E-state index contributed by atoms with van der Waals surface area (Å²) in [5, 5.41) is 6.91. The largest absolute Gasteiger partial charge is 0.478 e. The normalized spacial score (nSPS) is 13.8. The van der Waals surface area contributed by atoms with Gasteiger partial charge in [-0.2, -0.15) is 4.98 Å². The molecular weight excluding hydrogens is 432 g/mol. The minimum Gasteiger partial charge on any atom is -0.478 e. The van der Waals surface area contributed by atoms with Crippen LogP contribution < -0.4 is 25.8 Å². The number of amides is 1. The number of anilines is 3. The molecular formula is C22H25ClN6O3. The Kier molecular flexibility index (Phi) is 6.45. The first-order valence-corrected chi connectivity index (χ1v) is 10.9. The van der Waals surface area contributed by atoms with Gasteiger partial charge in [0.05, 0.1) is 11.7 Å². The van der Waals surface area contributed by atoms with E-state index in [0.29, 0.717) is 16.8 Å². The molecule has 2 N–H and O–H groups in total. The number of pyridine rings is 1. The Morgan fingerprint density at radius 1 is 1.22 bits per heavy atom. The molecule has 1 aliphatic heterocycles. The van der Waals surface area contributed by atoms with Crippen LogP contribution in [0.15, 0.2) is 35.3 Å². The Labute approximate surface area is 190 Å². The van der Waals surface area contributed by atoms with Gasteiger partial charge in [-0.15, -0.1) is 0 Å². The lowest BCUT2D eigenvalue weighted by atomic mass is 10.1. The van der Waals surface area contributed by atoms with Crippen LogP contribution in [0.2, 0.25) is 5.02 Å². The molecule has 0 unspecified atom stereocenters. The van der Waals surface area contributed by atoms with Crippen molar-refractivity contribution in [1.82, 2.24) is 19.9 Å². The SMILES string of the molecule is CNC(=O)COc1cc2cc(Nc3nc(N4CCCCC4)ncc3Cl)ccc2n(C)c1=O. The van der Waals surface area contributed by atoms with Crippen molar-refractivity contribution in [2.75, 3.05) is 37.0 Å². The van der Waals surface area contributed by atoms with Crippen molar-refractivity contribution in [2.45, 2.75) is 19.3 Å². The van der Waals surface area contributed by atoms with Gasteiger partial charge in [-0.3, -0.25) is 9.59 Å².